The van der Waals surface area contributed by atoms with Gasteiger partial charge < -0.3 is 4.74 Å². The quantitative estimate of drug-likeness (QED) is 0.756. The molecule has 0 bridgehead atoms. The van der Waals surface area contributed by atoms with Gasteiger partial charge in [0.05, 0.1) is 18.7 Å². The number of methoxy groups -OCH3 is 1. The molecule has 0 aliphatic rings. The standard InChI is InChI=1S/C12H12ClNO2/c1-3-8(7-14)12(15)10-6-9(13)4-5-11(10)16-2/h4-6,8H,3H2,1-2H3. The van der Waals surface area contributed by atoms with Crippen LogP contribution in [0.2, 0.25) is 5.02 Å². The third-order valence-corrected chi connectivity index (χ3v) is 2.54. The maximum absolute atomic E-state index is 12.0. The van der Waals surface area contributed by atoms with Crippen molar-refractivity contribution in [1.29, 1.82) is 5.26 Å². The molecule has 4 heteroatoms. The van der Waals surface area contributed by atoms with Crippen LogP contribution >= 0.6 is 11.6 Å². The smallest absolute Gasteiger partial charge is 0.183 e. The molecule has 0 saturated carbocycles. The molecule has 1 rings (SSSR count). The molecular weight excluding hydrogens is 226 g/mol. The van der Waals surface area contributed by atoms with E-state index in [2.05, 4.69) is 0 Å². The van der Waals surface area contributed by atoms with E-state index < -0.39 is 5.92 Å². The molecule has 0 aliphatic heterocycles. The Hall–Kier alpha value is -1.53. The number of rotatable bonds is 4. The summed E-state index contributed by atoms with van der Waals surface area (Å²) in [5, 5.41) is 9.30. The van der Waals surface area contributed by atoms with E-state index in [1.807, 2.05) is 6.07 Å². The van der Waals surface area contributed by atoms with E-state index in [1.54, 1.807) is 19.1 Å². The fourth-order valence-electron chi connectivity index (χ4n) is 1.40. The van der Waals surface area contributed by atoms with Crippen LogP contribution in [-0.4, -0.2) is 12.9 Å². The Bertz CT molecular complexity index is 437. The van der Waals surface area contributed by atoms with Gasteiger partial charge in [-0.1, -0.05) is 18.5 Å². The maximum atomic E-state index is 12.0. The van der Waals surface area contributed by atoms with Gasteiger partial charge in [-0.05, 0) is 24.6 Å². The summed E-state index contributed by atoms with van der Waals surface area (Å²) in [7, 11) is 1.48. The zero-order valence-electron chi connectivity index (χ0n) is 9.16. The van der Waals surface area contributed by atoms with Gasteiger partial charge in [-0.25, -0.2) is 0 Å². The number of carbonyl (C=O) groups is 1. The van der Waals surface area contributed by atoms with Crippen molar-refractivity contribution in [2.45, 2.75) is 13.3 Å². The number of nitrogens with zero attached hydrogens (tertiary/aromatic N) is 1. The zero-order chi connectivity index (χ0) is 12.1. The van der Waals surface area contributed by atoms with Crippen LogP contribution in [0.3, 0.4) is 0 Å². The first-order chi connectivity index (χ1) is 7.63. The number of ether oxygens (including phenoxy) is 1. The predicted molar refractivity (Wildman–Crippen MR) is 61.7 cm³/mol. The summed E-state index contributed by atoms with van der Waals surface area (Å²) in [5.41, 5.74) is 0.364. The lowest BCUT2D eigenvalue weighted by Gasteiger charge is -2.10. The third kappa shape index (κ3) is 2.53. The molecule has 1 aromatic carbocycles. The average molecular weight is 238 g/mol. The van der Waals surface area contributed by atoms with Crippen molar-refractivity contribution in [1.82, 2.24) is 0 Å². The summed E-state index contributed by atoms with van der Waals surface area (Å²) in [4.78, 5) is 12.0. The van der Waals surface area contributed by atoms with Gasteiger partial charge in [-0.3, -0.25) is 4.79 Å². The van der Waals surface area contributed by atoms with Crippen molar-refractivity contribution in [2.75, 3.05) is 7.11 Å². The maximum Gasteiger partial charge on any atom is 0.183 e. The van der Waals surface area contributed by atoms with Crippen molar-refractivity contribution in [3.05, 3.63) is 28.8 Å². The minimum atomic E-state index is -0.646. The van der Waals surface area contributed by atoms with Crippen molar-refractivity contribution >= 4 is 17.4 Å². The van der Waals surface area contributed by atoms with Gasteiger partial charge in [0.1, 0.15) is 11.7 Å². The third-order valence-electron chi connectivity index (χ3n) is 2.31. The summed E-state index contributed by atoms with van der Waals surface area (Å²) in [6.07, 6.45) is 0.477. The van der Waals surface area contributed by atoms with Crippen molar-refractivity contribution in [3.63, 3.8) is 0 Å². The molecule has 1 unspecified atom stereocenters. The SMILES string of the molecule is CCC(C#N)C(=O)c1cc(Cl)ccc1OC. The molecular formula is C12H12ClNO2. The van der Waals surface area contributed by atoms with Crippen LogP contribution in [0.4, 0.5) is 0 Å². The first-order valence-electron chi connectivity index (χ1n) is 4.91. The van der Waals surface area contributed by atoms with Gasteiger partial charge in [-0.15, -0.1) is 0 Å². The van der Waals surface area contributed by atoms with E-state index >= 15 is 0 Å². The molecule has 1 atom stereocenters. The molecule has 16 heavy (non-hydrogen) atoms. The molecule has 0 aliphatic carbocycles. The lowest BCUT2D eigenvalue weighted by atomic mass is 9.96. The molecule has 0 heterocycles. The Morgan fingerprint density at radius 3 is 2.81 bits per heavy atom. The second-order valence-corrected chi connectivity index (χ2v) is 3.74. The summed E-state index contributed by atoms with van der Waals surface area (Å²) >= 11 is 5.82. The Kier molecular flexibility index (Phi) is 4.33. The van der Waals surface area contributed by atoms with Gasteiger partial charge in [0.15, 0.2) is 5.78 Å². The molecule has 0 fully saturated rings. The Morgan fingerprint density at radius 2 is 2.31 bits per heavy atom. The van der Waals surface area contributed by atoms with Crippen LogP contribution in [-0.2, 0) is 0 Å². The summed E-state index contributed by atoms with van der Waals surface area (Å²) in [5.74, 6) is -0.445. The Labute approximate surface area is 99.6 Å². The van der Waals surface area contributed by atoms with Crippen LogP contribution in [0.25, 0.3) is 0 Å². The number of carbonyl (C=O) groups excluding carboxylic acids is 1. The van der Waals surface area contributed by atoms with Crippen molar-refractivity contribution in [3.8, 4) is 11.8 Å². The van der Waals surface area contributed by atoms with Gasteiger partial charge in [0.2, 0.25) is 0 Å². The number of nitriles is 1. The van der Waals surface area contributed by atoms with E-state index in [4.69, 9.17) is 21.6 Å². The van der Waals surface area contributed by atoms with Crippen LogP contribution in [0, 0.1) is 17.2 Å². The molecule has 0 aromatic heterocycles. The van der Waals surface area contributed by atoms with E-state index in [1.165, 1.54) is 13.2 Å². The molecule has 0 saturated heterocycles. The van der Waals surface area contributed by atoms with E-state index in [0.717, 1.165) is 0 Å². The number of ketones is 1. The number of Topliss-reactive ketones (excluding diaryl/α,β-unsaturated/α-hetero) is 1. The molecule has 0 spiro atoms. The van der Waals surface area contributed by atoms with Gasteiger partial charge in [-0.2, -0.15) is 5.26 Å². The molecule has 0 N–H and O–H groups in total. The lowest BCUT2D eigenvalue weighted by Crippen LogP contribution is -2.13. The highest BCUT2D eigenvalue weighted by molar-refractivity contribution is 6.31. The molecule has 3 nitrogen and oxygen atoms in total. The Balaban J connectivity index is 3.16. The van der Waals surface area contributed by atoms with Crippen molar-refractivity contribution in [2.24, 2.45) is 5.92 Å². The molecule has 0 radical (unpaired) electrons. The summed E-state index contributed by atoms with van der Waals surface area (Å²) < 4.78 is 5.07. The van der Waals surface area contributed by atoms with Gasteiger partial charge >= 0.3 is 0 Å². The summed E-state index contributed by atoms with van der Waals surface area (Å²) in [6.45, 7) is 1.79. The number of hydrogen-bond acceptors (Lipinski definition) is 3. The second-order valence-electron chi connectivity index (χ2n) is 3.30. The Morgan fingerprint density at radius 1 is 1.62 bits per heavy atom. The first-order valence-corrected chi connectivity index (χ1v) is 5.29. The minimum absolute atomic E-state index is 0.246. The van der Waals surface area contributed by atoms with E-state index in [9.17, 15) is 4.79 Å². The lowest BCUT2D eigenvalue weighted by molar-refractivity contribution is 0.0943. The normalized spacial score (nSPS) is 11.6. The highest BCUT2D eigenvalue weighted by Gasteiger charge is 2.21. The second kappa shape index (κ2) is 5.53. The van der Waals surface area contributed by atoms with E-state index in [-0.39, 0.29) is 5.78 Å². The van der Waals surface area contributed by atoms with Crippen LogP contribution in [0.15, 0.2) is 18.2 Å². The highest BCUT2D eigenvalue weighted by Crippen LogP contribution is 2.25. The molecule has 84 valence electrons. The van der Waals surface area contributed by atoms with Crippen LogP contribution in [0.1, 0.15) is 23.7 Å². The average Bonchev–Trinajstić information content (AvgIpc) is 2.30. The fourth-order valence-corrected chi connectivity index (χ4v) is 1.57. The number of benzene rings is 1. The zero-order valence-corrected chi connectivity index (χ0v) is 9.91. The van der Waals surface area contributed by atoms with Crippen LogP contribution < -0.4 is 4.74 Å². The van der Waals surface area contributed by atoms with Crippen LogP contribution in [0.5, 0.6) is 5.75 Å². The first kappa shape index (κ1) is 12.5. The molecule has 1 aromatic rings. The predicted octanol–water partition coefficient (Wildman–Crippen LogP) is 3.08. The van der Waals surface area contributed by atoms with Gasteiger partial charge in [0.25, 0.3) is 0 Å². The largest absolute Gasteiger partial charge is 0.496 e. The minimum Gasteiger partial charge on any atom is -0.496 e. The topological polar surface area (TPSA) is 50.1 Å². The summed E-state index contributed by atoms with van der Waals surface area (Å²) in [6, 6.07) is 6.77. The number of halogens is 1. The van der Waals surface area contributed by atoms with Crippen molar-refractivity contribution < 1.29 is 9.53 Å². The van der Waals surface area contributed by atoms with E-state index in [0.29, 0.717) is 22.8 Å². The molecule has 0 amide bonds. The highest BCUT2D eigenvalue weighted by atomic mass is 35.5. The fraction of sp³-hybridized carbons (Fsp3) is 0.333. The van der Waals surface area contributed by atoms with Gasteiger partial charge in [0, 0.05) is 5.02 Å². The number of hydrogen-bond donors (Lipinski definition) is 0. The monoisotopic (exact) mass is 237 g/mol.